The molecule has 2 aromatic rings. The van der Waals surface area contributed by atoms with Crippen LogP contribution in [0.5, 0.6) is 0 Å². The molecule has 26 heavy (non-hydrogen) atoms. The van der Waals surface area contributed by atoms with Gasteiger partial charge in [0.25, 0.3) is 11.6 Å². The fourth-order valence-electron chi connectivity index (χ4n) is 2.99. The minimum absolute atomic E-state index is 0.0269. The van der Waals surface area contributed by atoms with Crippen molar-refractivity contribution >= 4 is 40.6 Å². The van der Waals surface area contributed by atoms with Crippen molar-refractivity contribution in [3.05, 3.63) is 63.2 Å². The van der Waals surface area contributed by atoms with Crippen LogP contribution in [0.1, 0.15) is 10.4 Å². The molecule has 1 fully saturated rings. The van der Waals surface area contributed by atoms with Gasteiger partial charge in [0.15, 0.2) is 0 Å². The van der Waals surface area contributed by atoms with Crippen LogP contribution in [-0.2, 0) is 0 Å². The lowest BCUT2D eigenvalue weighted by Gasteiger charge is -2.36. The predicted octanol–water partition coefficient (Wildman–Crippen LogP) is 3.93. The lowest BCUT2D eigenvalue weighted by molar-refractivity contribution is -0.387. The third-order valence-electron chi connectivity index (χ3n) is 4.36. The van der Waals surface area contributed by atoms with Crippen LogP contribution < -0.4 is 4.90 Å². The summed E-state index contributed by atoms with van der Waals surface area (Å²) in [7, 11) is 0. The number of hydrogen-bond donors (Lipinski definition) is 0. The van der Waals surface area contributed by atoms with Gasteiger partial charge in [-0.3, -0.25) is 14.9 Å². The summed E-state index contributed by atoms with van der Waals surface area (Å²) < 4.78 is 0. The first-order valence-electron chi connectivity index (χ1n) is 8.12. The lowest BCUT2D eigenvalue weighted by atomic mass is 10.1. The first-order chi connectivity index (χ1) is 12.5. The van der Waals surface area contributed by atoms with E-state index in [9.17, 15) is 14.9 Å². The molecule has 3 rings (SSSR count). The Bertz CT molecular complexity index is 838. The van der Waals surface area contributed by atoms with E-state index in [1.54, 1.807) is 23.3 Å². The average molecular weight is 392 g/mol. The van der Waals surface area contributed by atoms with E-state index in [4.69, 9.17) is 11.6 Å². The van der Waals surface area contributed by atoms with E-state index < -0.39 is 4.92 Å². The highest BCUT2D eigenvalue weighted by atomic mass is 35.5. The van der Waals surface area contributed by atoms with E-state index in [-0.39, 0.29) is 11.6 Å². The van der Waals surface area contributed by atoms with Crippen LogP contribution >= 0.6 is 23.4 Å². The zero-order valence-corrected chi connectivity index (χ0v) is 15.8. The molecule has 1 amide bonds. The minimum Gasteiger partial charge on any atom is -0.368 e. The van der Waals surface area contributed by atoms with Gasteiger partial charge >= 0.3 is 0 Å². The number of rotatable bonds is 4. The highest BCUT2D eigenvalue weighted by Gasteiger charge is 2.24. The summed E-state index contributed by atoms with van der Waals surface area (Å²) in [5, 5.41) is 11.9. The van der Waals surface area contributed by atoms with Gasteiger partial charge in [0.1, 0.15) is 0 Å². The number of nitro benzene ring substituents is 1. The number of thioether (sulfide) groups is 1. The molecule has 0 atom stereocenters. The molecule has 0 aromatic heterocycles. The van der Waals surface area contributed by atoms with Crippen molar-refractivity contribution in [1.29, 1.82) is 0 Å². The van der Waals surface area contributed by atoms with Gasteiger partial charge in [-0.05, 0) is 36.6 Å². The van der Waals surface area contributed by atoms with Crippen molar-refractivity contribution in [1.82, 2.24) is 4.90 Å². The van der Waals surface area contributed by atoms with Gasteiger partial charge in [-0.15, -0.1) is 11.8 Å². The number of carbonyl (C=O) groups is 1. The molecule has 1 aliphatic heterocycles. The number of benzene rings is 2. The Morgan fingerprint density at radius 1 is 1.15 bits per heavy atom. The monoisotopic (exact) mass is 391 g/mol. The number of piperazine rings is 1. The maximum absolute atomic E-state index is 12.7. The molecule has 1 heterocycles. The molecule has 0 N–H and O–H groups in total. The molecule has 0 saturated carbocycles. The summed E-state index contributed by atoms with van der Waals surface area (Å²) in [5.74, 6) is -0.175. The largest absolute Gasteiger partial charge is 0.368 e. The van der Waals surface area contributed by atoms with Crippen molar-refractivity contribution in [3.8, 4) is 0 Å². The zero-order chi connectivity index (χ0) is 18.7. The molecule has 0 bridgehead atoms. The normalized spacial score (nSPS) is 14.4. The van der Waals surface area contributed by atoms with Crippen LogP contribution in [0, 0.1) is 10.1 Å². The number of amides is 1. The number of hydrogen-bond acceptors (Lipinski definition) is 5. The van der Waals surface area contributed by atoms with Crippen molar-refractivity contribution in [3.63, 3.8) is 0 Å². The fraction of sp³-hybridized carbons (Fsp3) is 0.278. The lowest BCUT2D eigenvalue weighted by Crippen LogP contribution is -2.48. The zero-order valence-electron chi connectivity index (χ0n) is 14.2. The number of anilines is 1. The second-order valence-corrected chi connectivity index (χ2v) is 7.19. The Labute approximate surface area is 160 Å². The van der Waals surface area contributed by atoms with Gasteiger partial charge in [-0.1, -0.05) is 17.7 Å². The molecule has 2 aromatic carbocycles. The van der Waals surface area contributed by atoms with Gasteiger partial charge in [0, 0.05) is 48.5 Å². The SMILES string of the molecule is CSc1ccc(C(=O)N2CCN(c3cccc(Cl)c3)CC2)cc1[N+](=O)[O-]. The Hall–Kier alpha value is -2.25. The highest BCUT2D eigenvalue weighted by molar-refractivity contribution is 7.98. The first-order valence-corrected chi connectivity index (χ1v) is 9.72. The third kappa shape index (κ3) is 3.94. The number of carbonyl (C=O) groups excluding carboxylic acids is 1. The van der Waals surface area contributed by atoms with Crippen LogP contribution in [-0.4, -0.2) is 48.2 Å². The van der Waals surface area contributed by atoms with E-state index in [1.165, 1.54) is 17.8 Å². The van der Waals surface area contributed by atoms with Crippen molar-refractivity contribution in [2.45, 2.75) is 4.90 Å². The molecule has 136 valence electrons. The second-order valence-electron chi connectivity index (χ2n) is 5.90. The van der Waals surface area contributed by atoms with Crippen molar-refractivity contribution < 1.29 is 9.72 Å². The van der Waals surface area contributed by atoms with E-state index in [1.807, 2.05) is 24.3 Å². The third-order valence-corrected chi connectivity index (χ3v) is 5.38. The van der Waals surface area contributed by atoms with E-state index in [0.717, 1.165) is 5.69 Å². The van der Waals surface area contributed by atoms with E-state index in [2.05, 4.69) is 4.90 Å². The smallest absolute Gasteiger partial charge is 0.283 e. The van der Waals surface area contributed by atoms with Gasteiger partial charge in [0.2, 0.25) is 0 Å². The topological polar surface area (TPSA) is 66.7 Å². The number of nitrogens with zero attached hydrogens (tertiary/aromatic N) is 3. The maximum Gasteiger partial charge on any atom is 0.283 e. The molecule has 1 saturated heterocycles. The number of halogens is 1. The standard InChI is InChI=1S/C18H18ClN3O3S/c1-26-17-6-5-13(11-16(17)22(24)25)18(23)21-9-7-20(8-10-21)15-4-2-3-14(19)12-15/h2-6,11-12H,7-10H2,1H3. The van der Waals surface area contributed by atoms with Gasteiger partial charge < -0.3 is 9.80 Å². The maximum atomic E-state index is 12.7. The molecular weight excluding hydrogens is 374 g/mol. The summed E-state index contributed by atoms with van der Waals surface area (Å²) in [6, 6.07) is 12.3. The van der Waals surface area contributed by atoms with Crippen LogP contribution in [0.2, 0.25) is 5.02 Å². The van der Waals surface area contributed by atoms with Gasteiger partial charge in [-0.2, -0.15) is 0 Å². The van der Waals surface area contributed by atoms with Crippen LogP contribution in [0.3, 0.4) is 0 Å². The molecule has 1 aliphatic rings. The Balaban J connectivity index is 1.70. The molecule has 6 nitrogen and oxygen atoms in total. The summed E-state index contributed by atoms with van der Waals surface area (Å²) in [6.07, 6.45) is 1.78. The summed E-state index contributed by atoms with van der Waals surface area (Å²) in [4.78, 5) is 28.0. The van der Waals surface area contributed by atoms with Gasteiger partial charge in [-0.25, -0.2) is 0 Å². The molecular formula is C18H18ClN3O3S. The van der Waals surface area contributed by atoms with Gasteiger partial charge in [0.05, 0.1) is 9.82 Å². The average Bonchev–Trinajstić information content (AvgIpc) is 2.67. The quantitative estimate of drug-likeness (QED) is 0.448. The first kappa shape index (κ1) is 18.5. The van der Waals surface area contributed by atoms with Crippen molar-refractivity contribution in [2.24, 2.45) is 0 Å². The highest BCUT2D eigenvalue weighted by Crippen LogP contribution is 2.29. The summed E-state index contributed by atoms with van der Waals surface area (Å²) in [6.45, 7) is 2.50. The summed E-state index contributed by atoms with van der Waals surface area (Å²) >= 11 is 7.34. The molecule has 0 unspecified atom stereocenters. The predicted molar refractivity (Wildman–Crippen MR) is 104 cm³/mol. The molecule has 0 aliphatic carbocycles. The van der Waals surface area contributed by atoms with Crippen LogP contribution in [0.25, 0.3) is 0 Å². The minimum atomic E-state index is -0.445. The second kappa shape index (κ2) is 7.97. The number of nitro groups is 1. The Morgan fingerprint density at radius 2 is 1.88 bits per heavy atom. The van der Waals surface area contributed by atoms with Crippen LogP contribution in [0.4, 0.5) is 11.4 Å². The summed E-state index contributed by atoms with van der Waals surface area (Å²) in [5.41, 5.74) is 1.36. The Kier molecular flexibility index (Phi) is 5.68. The van der Waals surface area contributed by atoms with E-state index >= 15 is 0 Å². The van der Waals surface area contributed by atoms with Crippen LogP contribution in [0.15, 0.2) is 47.4 Å². The Morgan fingerprint density at radius 3 is 2.50 bits per heavy atom. The van der Waals surface area contributed by atoms with Crippen molar-refractivity contribution in [2.75, 3.05) is 37.3 Å². The molecule has 0 radical (unpaired) electrons. The fourth-order valence-corrected chi connectivity index (χ4v) is 3.72. The molecule has 8 heteroatoms. The molecule has 0 spiro atoms. The van der Waals surface area contributed by atoms with E-state index in [0.29, 0.717) is 41.7 Å².